The Morgan fingerprint density at radius 1 is 0.671 bits per heavy atom. The summed E-state index contributed by atoms with van der Waals surface area (Å²) in [6.07, 6.45) is 12.5. The van der Waals surface area contributed by atoms with Crippen molar-refractivity contribution in [2.75, 3.05) is 51.3 Å². The van der Waals surface area contributed by atoms with Crippen LogP contribution < -0.4 is 10.6 Å². The molecule has 4 fully saturated rings. The van der Waals surface area contributed by atoms with E-state index in [0.717, 1.165) is 114 Å². The van der Waals surface area contributed by atoms with E-state index in [4.69, 9.17) is 19.4 Å². The number of methoxy groups -OCH3 is 2. The molecule has 4 amide bonds. The zero-order chi connectivity index (χ0) is 50.6. The first-order valence-corrected chi connectivity index (χ1v) is 28.7. The summed E-state index contributed by atoms with van der Waals surface area (Å²) in [6.45, 7) is 3.65. The quantitative estimate of drug-likeness (QED) is 0.0822. The monoisotopic (exact) mass is 1020 g/mol. The molecule has 2 aliphatic heterocycles. The average Bonchev–Trinajstić information content (AvgIpc) is 4.06. The first-order valence-electron chi connectivity index (χ1n) is 25.9. The molecule has 0 unspecified atom stereocenters. The summed E-state index contributed by atoms with van der Waals surface area (Å²) in [5, 5.41) is 5.63. The van der Waals surface area contributed by atoms with E-state index in [2.05, 4.69) is 100 Å². The molecule has 4 aromatic carbocycles. The molecule has 4 heterocycles. The SMILES string of the molecule is COC(=O)N[C@@H](CCSC)C(=O)N1CC2(CC2)C[C@H]1c1nc2cc(-c3cc4ccc3CCc3ccc(c(-c5ccc6[nH]c([C@@H]7CC8(CC8)CN7C(=O)[C@H](CCSC)NC(=O)OC)nc6c5)c3)C[C@H]4C)ccc2[nH]1. The second kappa shape index (κ2) is 20.0. The van der Waals surface area contributed by atoms with Crippen LogP contribution in [0.4, 0.5) is 9.59 Å². The molecule has 5 atom stereocenters. The maximum Gasteiger partial charge on any atom is 0.407 e. The fourth-order valence-electron chi connectivity index (χ4n) is 12.0. The molecule has 2 spiro atoms. The number of amides is 4. The van der Waals surface area contributed by atoms with E-state index in [1.807, 2.05) is 22.3 Å². The molecule has 6 aliphatic carbocycles. The zero-order valence-corrected chi connectivity index (χ0v) is 44.1. The highest BCUT2D eigenvalue weighted by Gasteiger charge is 2.56. The van der Waals surface area contributed by atoms with Gasteiger partial charge in [-0.2, -0.15) is 23.5 Å². The first-order chi connectivity index (χ1) is 35.4. The summed E-state index contributed by atoms with van der Waals surface area (Å²) < 4.78 is 9.81. The van der Waals surface area contributed by atoms with Crippen LogP contribution in [0.1, 0.15) is 110 Å². The molecule has 16 heteroatoms. The van der Waals surface area contributed by atoms with E-state index in [0.29, 0.717) is 25.9 Å². The minimum Gasteiger partial charge on any atom is -0.453 e. The van der Waals surface area contributed by atoms with Gasteiger partial charge in [-0.05, 0) is 180 Å². The second-order valence-electron chi connectivity index (χ2n) is 21.5. The van der Waals surface area contributed by atoms with Gasteiger partial charge in [0.1, 0.15) is 23.7 Å². The number of benzene rings is 4. The standard InChI is InChI=1S/C57H66N8O6S2/c1-33-24-37-9-7-34(25-40(37)38-12-14-42-46(27-38)60-50(58-42)48-29-56(18-19-56)31-64(48)52(66)44(16-22-72-4)62-54(68)70-2)6-8-35-10-11-36(33)26-41(35)39-13-15-43-47(28-39)61-51(59-43)49-30-57(20-21-57)32-65(49)53(67)45(17-23-73-5)63-55(69)71-3/h7,9-15,25-28,33,44-45,48-49H,6,8,16-24,29-32H2,1-5H3,(H,58,60)(H,59,61)(H,62,68)(H,63,69)/t33-,44+,45+,48+,49+/m1/s1. The Morgan fingerprint density at radius 3 is 1.67 bits per heavy atom. The van der Waals surface area contributed by atoms with Gasteiger partial charge in [0.15, 0.2) is 0 Å². The van der Waals surface area contributed by atoms with Crippen molar-refractivity contribution in [1.82, 2.24) is 40.4 Å². The number of thioether (sulfide) groups is 2. The number of hydrogen-bond donors (Lipinski definition) is 4. The highest BCUT2D eigenvalue weighted by molar-refractivity contribution is 7.98. The predicted octanol–water partition coefficient (Wildman–Crippen LogP) is 10.3. The molecule has 6 aromatic rings. The van der Waals surface area contributed by atoms with Gasteiger partial charge >= 0.3 is 12.2 Å². The number of H-pyrrole nitrogens is 2. The number of aryl methyl sites for hydroxylation is 2. The van der Waals surface area contributed by atoms with Crippen molar-refractivity contribution in [3.63, 3.8) is 0 Å². The first kappa shape index (κ1) is 49.2. The Kier molecular flexibility index (Phi) is 13.5. The number of nitrogens with zero attached hydrogens (tertiary/aromatic N) is 4. The third kappa shape index (κ3) is 9.93. The number of aromatic amines is 2. The van der Waals surface area contributed by atoms with Crippen LogP contribution in [0.5, 0.6) is 0 Å². The molecule has 382 valence electrons. The van der Waals surface area contributed by atoms with Crippen molar-refractivity contribution in [1.29, 1.82) is 0 Å². The van der Waals surface area contributed by atoms with Crippen LogP contribution in [0.2, 0.25) is 0 Å². The van der Waals surface area contributed by atoms with Gasteiger partial charge in [-0.25, -0.2) is 19.6 Å². The summed E-state index contributed by atoms with van der Waals surface area (Å²) >= 11 is 3.30. The van der Waals surface area contributed by atoms with Gasteiger partial charge < -0.3 is 39.9 Å². The summed E-state index contributed by atoms with van der Waals surface area (Å²) in [5.74, 6) is 3.13. The van der Waals surface area contributed by atoms with Crippen molar-refractivity contribution >= 4 is 69.6 Å². The van der Waals surface area contributed by atoms with E-state index in [1.54, 1.807) is 23.5 Å². The number of carbonyl (C=O) groups is 4. The van der Waals surface area contributed by atoms with Crippen LogP contribution in [-0.2, 0) is 38.3 Å². The largest absolute Gasteiger partial charge is 0.453 e. The van der Waals surface area contributed by atoms with Crippen LogP contribution in [0.3, 0.4) is 0 Å². The molecule has 4 N–H and O–H groups in total. The van der Waals surface area contributed by atoms with Crippen LogP contribution in [-0.4, -0.2) is 117 Å². The van der Waals surface area contributed by atoms with Gasteiger partial charge in [-0.15, -0.1) is 0 Å². The maximum atomic E-state index is 14.2. The summed E-state index contributed by atoms with van der Waals surface area (Å²) in [7, 11) is 2.66. The normalized spacial score (nSPS) is 21.1. The fraction of sp³-hybridized carbons (Fsp3) is 0.474. The topological polar surface area (TPSA) is 175 Å². The summed E-state index contributed by atoms with van der Waals surface area (Å²) in [6, 6.07) is 25.3. The lowest BCUT2D eigenvalue weighted by atomic mass is 9.84. The number of likely N-dealkylation sites (tertiary alicyclic amines) is 2. The van der Waals surface area contributed by atoms with Crippen molar-refractivity contribution in [3.8, 4) is 22.3 Å². The molecule has 8 aliphatic rings. The Balaban J connectivity index is 0.844. The number of alkyl carbamates (subject to hydrolysis) is 2. The van der Waals surface area contributed by atoms with Crippen molar-refractivity contribution in [2.45, 2.75) is 108 Å². The van der Waals surface area contributed by atoms with Gasteiger partial charge in [-0.1, -0.05) is 55.5 Å². The smallest absolute Gasteiger partial charge is 0.407 e. The number of ether oxygens (including phenoxy) is 2. The van der Waals surface area contributed by atoms with E-state index < -0.39 is 24.3 Å². The fourth-order valence-corrected chi connectivity index (χ4v) is 12.9. The van der Waals surface area contributed by atoms with Gasteiger partial charge in [0.2, 0.25) is 11.8 Å². The average molecular weight is 1020 g/mol. The van der Waals surface area contributed by atoms with Crippen LogP contribution in [0, 0.1) is 10.8 Å². The predicted molar refractivity (Wildman–Crippen MR) is 289 cm³/mol. The van der Waals surface area contributed by atoms with E-state index in [9.17, 15) is 19.2 Å². The lowest BCUT2D eigenvalue weighted by molar-refractivity contribution is -0.135. The number of carbonyl (C=O) groups excluding carboxylic acids is 4. The molecule has 2 saturated carbocycles. The molecule has 2 aromatic heterocycles. The number of imidazole rings is 2. The third-order valence-corrected chi connectivity index (χ3v) is 17.9. The number of rotatable bonds is 14. The lowest BCUT2D eigenvalue weighted by Crippen LogP contribution is -2.49. The van der Waals surface area contributed by atoms with Crippen LogP contribution in [0.25, 0.3) is 44.3 Å². The van der Waals surface area contributed by atoms with Gasteiger partial charge in [-0.3, -0.25) is 9.59 Å². The number of nitrogens with one attached hydrogen (secondary N) is 4. The molecule has 0 radical (unpaired) electrons. The van der Waals surface area contributed by atoms with Crippen molar-refractivity contribution in [2.24, 2.45) is 10.8 Å². The Bertz CT molecular complexity index is 3110. The minimum atomic E-state index is -0.664. The third-order valence-electron chi connectivity index (χ3n) is 16.6. The molecule has 73 heavy (non-hydrogen) atoms. The van der Waals surface area contributed by atoms with Gasteiger partial charge in [0, 0.05) is 13.1 Å². The maximum absolute atomic E-state index is 14.2. The van der Waals surface area contributed by atoms with E-state index in [-0.39, 0.29) is 40.6 Å². The van der Waals surface area contributed by atoms with Crippen LogP contribution >= 0.6 is 23.5 Å². The van der Waals surface area contributed by atoms with Crippen molar-refractivity contribution in [3.05, 3.63) is 107 Å². The Hall–Kier alpha value is -6.00. The molecule has 4 bridgehead atoms. The zero-order valence-electron chi connectivity index (χ0n) is 42.5. The Labute approximate surface area is 435 Å². The van der Waals surface area contributed by atoms with E-state index in [1.165, 1.54) is 47.6 Å². The van der Waals surface area contributed by atoms with Crippen LogP contribution in [0.15, 0.2) is 72.8 Å². The summed E-state index contributed by atoms with van der Waals surface area (Å²) in [5.41, 5.74) is 13.6. The minimum absolute atomic E-state index is 0.0792. The number of fused-ring (bicyclic) bond motifs is 2. The molecular weight excluding hydrogens is 957 g/mol. The molecule has 2 saturated heterocycles. The summed E-state index contributed by atoms with van der Waals surface area (Å²) in [4.78, 5) is 74.7. The van der Waals surface area contributed by atoms with E-state index >= 15 is 0 Å². The highest BCUT2D eigenvalue weighted by atomic mass is 32.2. The molecule has 14 rings (SSSR count). The number of aromatic nitrogens is 4. The Morgan fingerprint density at radius 2 is 1.18 bits per heavy atom. The van der Waals surface area contributed by atoms with Crippen molar-refractivity contribution < 1.29 is 28.7 Å². The number of hydrogen-bond acceptors (Lipinski definition) is 10. The molecular formula is C57H66N8O6S2. The second-order valence-corrected chi connectivity index (χ2v) is 23.5. The lowest BCUT2D eigenvalue weighted by Gasteiger charge is -2.28. The molecule has 14 nitrogen and oxygen atoms in total. The van der Waals surface area contributed by atoms with Gasteiger partial charge in [0.05, 0.1) is 48.4 Å². The van der Waals surface area contributed by atoms with Gasteiger partial charge in [0.25, 0.3) is 0 Å². The highest BCUT2D eigenvalue weighted by Crippen LogP contribution is 2.59.